The second-order valence-electron chi connectivity index (χ2n) is 6.73. The van der Waals surface area contributed by atoms with E-state index in [0.29, 0.717) is 30.5 Å². The average Bonchev–Trinajstić information content (AvgIpc) is 3.14. The molecule has 3 rings (SSSR count). The molecule has 1 N–H and O–H groups in total. The number of carbonyl (C=O) groups excluding carboxylic acids is 1. The number of morpholine rings is 1. The molecular formula is C18H25N5O2. The number of ether oxygens (including phenoxy) is 1. The largest absolute Gasteiger partial charge is 0.374 e. The van der Waals surface area contributed by atoms with Crippen molar-refractivity contribution >= 4 is 5.91 Å². The molecule has 1 atom stereocenters. The molecule has 0 unspecified atom stereocenters. The Labute approximate surface area is 148 Å². The maximum Gasteiger partial charge on any atom is 0.251 e. The molecule has 2 aromatic rings. The van der Waals surface area contributed by atoms with Gasteiger partial charge < -0.3 is 10.1 Å². The van der Waals surface area contributed by atoms with Gasteiger partial charge in [0.25, 0.3) is 5.91 Å². The van der Waals surface area contributed by atoms with Crippen molar-refractivity contribution in [2.75, 3.05) is 32.8 Å². The topological polar surface area (TPSA) is 72.3 Å². The highest BCUT2D eigenvalue weighted by molar-refractivity contribution is 5.94. The van der Waals surface area contributed by atoms with Crippen molar-refractivity contribution in [1.82, 2.24) is 24.8 Å². The highest BCUT2D eigenvalue weighted by Gasteiger charge is 2.21. The van der Waals surface area contributed by atoms with Crippen LogP contribution in [-0.2, 0) is 4.74 Å². The van der Waals surface area contributed by atoms with Gasteiger partial charge in [-0.3, -0.25) is 14.3 Å². The molecule has 3 heterocycles. The van der Waals surface area contributed by atoms with Crippen molar-refractivity contribution in [3.63, 3.8) is 0 Å². The molecule has 0 saturated carbocycles. The van der Waals surface area contributed by atoms with Gasteiger partial charge in [0.2, 0.25) is 0 Å². The van der Waals surface area contributed by atoms with E-state index in [1.807, 2.05) is 0 Å². The van der Waals surface area contributed by atoms with Gasteiger partial charge >= 0.3 is 0 Å². The minimum atomic E-state index is -0.117. The molecule has 7 heteroatoms. The molecule has 134 valence electrons. The van der Waals surface area contributed by atoms with E-state index in [9.17, 15) is 4.79 Å². The lowest BCUT2D eigenvalue weighted by Crippen LogP contribution is -2.48. The standard InChI is InChI=1S/C18H25N5O2/c1-14(2)11-22-7-8-25-16(12-22)10-21-18(24)15-3-4-20-17(9-15)23-6-5-19-13-23/h3-6,9,13-14,16H,7-8,10-12H2,1-2H3,(H,21,24)/t16-/m1/s1. The van der Waals surface area contributed by atoms with Gasteiger partial charge in [-0.1, -0.05) is 13.8 Å². The third kappa shape index (κ3) is 4.87. The molecule has 1 amide bonds. The Kier molecular flexibility index (Phi) is 5.78. The van der Waals surface area contributed by atoms with Crippen LogP contribution in [-0.4, -0.2) is 64.2 Å². The second kappa shape index (κ2) is 8.22. The number of imidazole rings is 1. The number of hydrogen-bond donors (Lipinski definition) is 1. The molecule has 1 aliphatic rings. The normalized spacial score (nSPS) is 18.4. The van der Waals surface area contributed by atoms with Gasteiger partial charge in [-0.15, -0.1) is 0 Å². The molecule has 0 radical (unpaired) electrons. The van der Waals surface area contributed by atoms with Crippen LogP contribution in [0.15, 0.2) is 37.1 Å². The Balaban J connectivity index is 1.55. The number of pyridine rings is 1. The summed E-state index contributed by atoms with van der Waals surface area (Å²) < 4.78 is 7.55. The van der Waals surface area contributed by atoms with Crippen LogP contribution in [0.25, 0.3) is 5.82 Å². The van der Waals surface area contributed by atoms with Crippen LogP contribution in [0.2, 0.25) is 0 Å². The monoisotopic (exact) mass is 343 g/mol. The Morgan fingerprint density at radius 1 is 1.44 bits per heavy atom. The number of nitrogens with one attached hydrogen (secondary N) is 1. The summed E-state index contributed by atoms with van der Waals surface area (Å²) >= 11 is 0. The number of aromatic nitrogens is 3. The SMILES string of the molecule is CC(C)CN1CCO[C@H](CNC(=O)c2ccnc(-n3ccnc3)c2)C1. The lowest BCUT2D eigenvalue weighted by atomic mass is 10.1. The van der Waals surface area contributed by atoms with Crippen molar-refractivity contribution in [3.8, 4) is 5.82 Å². The van der Waals surface area contributed by atoms with E-state index >= 15 is 0 Å². The molecule has 0 spiro atoms. The van der Waals surface area contributed by atoms with Gasteiger partial charge in [0.05, 0.1) is 12.7 Å². The third-order valence-electron chi connectivity index (χ3n) is 4.11. The zero-order valence-corrected chi connectivity index (χ0v) is 14.8. The highest BCUT2D eigenvalue weighted by atomic mass is 16.5. The summed E-state index contributed by atoms with van der Waals surface area (Å²) in [7, 11) is 0. The predicted octanol–water partition coefficient (Wildman–Crippen LogP) is 1.35. The van der Waals surface area contributed by atoms with Crippen LogP contribution >= 0.6 is 0 Å². The first-order valence-corrected chi connectivity index (χ1v) is 8.68. The van der Waals surface area contributed by atoms with Crippen LogP contribution < -0.4 is 5.32 Å². The van der Waals surface area contributed by atoms with Gasteiger partial charge in [0.15, 0.2) is 0 Å². The highest BCUT2D eigenvalue weighted by Crippen LogP contribution is 2.09. The summed E-state index contributed by atoms with van der Waals surface area (Å²) in [5.41, 5.74) is 0.577. The van der Waals surface area contributed by atoms with Gasteiger partial charge in [-0.2, -0.15) is 0 Å². The third-order valence-corrected chi connectivity index (χ3v) is 4.11. The Morgan fingerprint density at radius 2 is 2.32 bits per heavy atom. The Hall–Kier alpha value is -2.25. The molecule has 25 heavy (non-hydrogen) atoms. The summed E-state index contributed by atoms with van der Waals surface area (Å²) in [5, 5.41) is 2.97. The summed E-state index contributed by atoms with van der Waals surface area (Å²) in [6.45, 7) is 8.54. The first-order chi connectivity index (χ1) is 12.1. The molecule has 1 aliphatic heterocycles. The van der Waals surface area contributed by atoms with Gasteiger partial charge in [-0.25, -0.2) is 9.97 Å². The minimum absolute atomic E-state index is 0.0337. The number of amides is 1. The van der Waals surface area contributed by atoms with Crippen molar-refractivity contribution in [1.29, 1.82) is 0 Å². The number of nitrogens with zero attached hydrogens (tertiary/aromatic N) is 4. The van der Waals surface area contributed by atoms with E-state index in [2.05, 4.69) is 34.0 Å². The summed E-state index contributed by atoms with van der Waals surface area (Å²) in [4.78, 5) is 23.1. The van der Waals surface area contributed by atoms with Crippen molar-refractivity contribution < 1.29 is 9.53 Å². The zero-order valence-electron chi connectivity index (χ0n) is 14.8. The van der Waals surface area contributed by atoms with Crippen molar-refractivity contribution in [2.24, 2.45) is 5.92 Å². The first-order valence-electron chi connectivity index (χ1n) is 8.68. The smallest absolute Gasteiger partial charge is 0.251 e. The Bertz CT molecular complexity index is 687. The fourth-order valence-electron chi connectivity index (χ4n) is 2.99. The number of hydrogen-bond acceptors (Lipinski definition) is 5. The molecule has 0 aliphatic carbocycles. The molecule has 2 aromatic heterocycles. The number of carbonyl (C=O) groups is 1. The molecule has 1 fully saturated rings. The van der Waals surface area contributed by atoms with Crippen LogP contribution in [0.1, 0.15) is 24.2 Å². The number of rotatable bonds is 6. The summed E-state index contributed by atoms with van der Waals surface area (Å²) in [6, 6.07) is 3.46. The Morgan fingerprint density at radius 3 is 3.08 bits per heavy atom. The molecular weight excluding hydrogens is 318 g/mol. The van der Waals surface area contributed by atoms with Gasteiger partial charge in [0, 0.05) is 50.3 Å². The van der Waals surface area contributed by atoms with E-state index in [4.69, 9.17) is 4.74 Å². The van der Waals surface area contributed by atoms with Gasteiger partial charge in [0.1, 0.15) is 12.1 Å². The van der Waals surface area contributed by atoms with Gasteiger partial charge in [-0.05, 0) is 18.1 Å². The second-order valence-corrected chi connectivity index (χ2v) is 6.73. The van der Waals surface area contributed by atoms with Crippen molar-refractivity contribution in [3.05, 3.63) is 42.6 Å². The lowest BCUT2D eigenvalue weighted by Gasteiger charge is -2.33. The molecule has 0 aromatic carbocycles. The summed E-state index contributed by atoms with van der Waals surface area (Å²) in [5.74, 6) is 1.18. The summed E-state index contributed by atoms with van der Waals surface area (Å²) in [6.07, 6.45) is 6.79. The predicted molar refractivity (Wildman–Crippen MR) is 94.7 cm³/mol. The van der Waals surface area contributed by atoms with Crippen LogP contribution in [0, 0.1) is 5.92 Å². The van der Waals surface area contributed by atoms with Crippen molar-refractivity contribution in [2.45, 2.75) is 20.0 Å². The molecule has 7 nitrogen and oxygen atoms in total. The average molecular weight is 343 g/mol. The zero-order chi connectivity index (χ0) is 17.6. The van der Waals surface area contributed by atoms with E-state index in [1.54, 1.807) is 41.6 Å². The van der Waals surface area contributed by atoms with Crippen LogP contribution in [0.5, 0.6) is 0 Å². The fraction of sp³-hybridized carbons (Fsp3) is 0.500. The minimum Gasteiger partial charge on any atom is -0.374 e. The maximum absolute atomic E-state index is 12.4. The van der Waals surface area contributed by atoms with E-state index < -0.39 is 0 Å². The van der Waals surface area contributed by atoms with E-state index in [1.165, 1.54) is 0 Å². The molecule has 0 bridgehead atoms. The lowest BCUT2D eigenvalue weighted by molar-refractivity contribution is -0.0295. The molecule has 1 saturated heterocycles. The maximum atomic E-state index is 12.4. The quantitative estimate of drug-likeness (QED) is 0.857. The van der Waals surface area contributed by atoms with E-state index in [-0.39, 0.29) is 12.0 Å². The van der Waals surface area contributed by atoms with Crippen LogP contribution in [0.3, 0.4) is 0 Å². The first kappa shape index (κ1) is 17.6. The van der Waals surface area contributed by atoms with E-state index in [0.717, 1.165) is 19.6 Å². The van der Waals surface area contributed by atoms with Crippen LogP contribution in [0.4, 0.5) is 0 Å². The fourth-order valence-corrected chi connectivity index (χ4v) is 2.99.